The third-order valence-electron chi connectivity index (χ3n) is 4.77. The summed E-state index contributed by atoms with van der Waals surface area (Å²) in [6, 6.07) is 0. The van der Waals surface area contributed by atoms with Crippen molar-refractivity contribution in [1.82, 2.24) is 0 Å². The van der Waals surface area contributed by atoms with Gasteiger partial charge in [0.25, 0.3) is 0 Å². The summed E-state index contributed by atoms with van der Waals surface area (Å²) in [6.45, 7) is 1.79. The predicted octanol–water partition coefficient (Wildman–Crippen LogP) is 4.11. The van der Waals surface area contributed by atoms with Crippen LogP contribution in [-0.2, 0) is 4.79 Å². The Kier molecular flexibility index (Phi) is 3.48. The number of rotatable bonds is 1. The summed E-state index contributed by atoms with van der Waals surface area (Å²) in [7, 11) is 0. The molecular weight excluding hydrogens is 184 g/mol. The topological polar surface area (TPSA) is 17.1 Å². The Morgan fingerprint density at radius 3 is 2.13 bits per heavy atom. The third kappa shape index (κ3) is 2.62. The van der Waals surface area contributed by atoms with E-state index in [1.165, 1.54) is 57.8 Å². The Bertz CT molecular complexity index is 225. The molecule has 2 rings (SSSR count). The Morgan fingerprint density at radius 2 is 1.53 bits per heavy atom. The van der Waals surface area contributed by atoms with E-state index in [0.717, 1.165) is 6.42 Å². The van der Waals surface area contributed by atoms with E-state index in [1.54, 1.807) is 6.92 Å². The first kappa shape index (κ1) is 11.2. The van der Waals surface area contributed by atoms with E-state index in [-0.39, 0.29) is 0 Å². The van der Waals surface area contributed by atoms with Crippen LogP contribution in [0.1, 0.15) is 71.1 Å². The average molecular weight is 208 g/mol. The van der Waals surface area contributed by atoms with Crippen molar-refractivity contribution >= 4 is 5.78 Å². The van der Waals surface area contributed by atoms with Gasteiger partial charge in [0.05, 0.1) is 0 Å². The van der Waals surface area contributed by atoms with Crippen molar-refractivity contribution in [2.45, 2.75) is 71.1 Å². The van der Waals surface area contributed by atoms with Gasteiger partial charge in [-0.15, -0.1) is 0 Å². The molecule has 1 unspecified atom stereocenters. The van der Waals surface area contributed by atoms with E-state index in [1.807, 2.05) is 0 Å². The van der Waals surface area contributed by atoms with Gasteiger partial charge in [0.2, 0.25) is 0 Å². The predicted molar refractivity (Wildman–Crippen MR) is 62.8 cm³/mol. The molecule has 0 aromatic rings. The molecule has 0 heterocycles. The standard InChI is InChI=1S/C14H24O/c1-12(15)13-6-2-3-8-14(11-7-13)9-4-5-10-14/h13H,2-11H2,1H3. The zero-order valence-electron chi connectivity index (χ0n) is 10.1. The number of ketones is 1. The SMILES string of the molecule is CC(=O)C1CCCCC2(CCCC2)CC1. The maximum Gasteiger partial charge on any atom is 0.132 e. The Morgan fingerprint density at radius 1 is 0.933 bits per heavy atom. The monoisotopic (exact) mass is 208 g/mol. The minimum Gasteiger partial charge on any atom is -0.300 e. The molecule has 0 aromatic heterocycles. The highest BCUT2D eigenvalue weighted by Crippen LogP contribution is 2.48. The Labute approximate surface area is 93.6 Å². The molecule has 2 fully saturated rings. The lowest BCUT2D eigenvalue weighted by Crippen LogP contribution is -2.22. The number of carbonyl (C=O) groups is 1. The van der Waals surface area contributed by atoms with Gasteiger partial charge < -0.3 is 0 Å². The van der Waals surface area contributed by atoms with Crippen LogP contribution in [0.4, 0.5) is 0 Å². The highest BCUT2D eigenvalue weighted by Gasteiger charge is 2.35. The summed E-state index contributed by atoms with van der Waals surface area (Å²) in [5.74, 6) is 0.827. The smallest absolute Gasteiger partial charge is 0.132 e. The van der Waals surface area contributed by atoms with Crippen LogP contribution in [0.5, 0.6) is 0 Å². The summed E-state index contributed by atoms with van der Waals surface area (Å²) >= 11 is 0. The molecule has 0 radical (unpaired) electrons. The molecule has 2 aliphatic rings. The number of Topliss-reactive ketones (excluding diaryl/α,β-unsaturated/α-hetero) is 1. The van der Waals surface area contributed by atoms with E-state index >= 15 is 0 Å². The van der Waals surface area contributed by atoms with Gasteiger partial charge in [-0.3, -0.25) is 4.79 Å². The van der Waals surface area contributed by atoms with Gasteiger partial charge in [-0.1, -0.05) is 25.7 Å². The van der Waals surface area contributed by atoms with E-state index in [4.69, 9.17) is 0 Å². The van der Waals surface area contributed by atoms with Crippen LogP contribution in [0.25, 0.3) is 0 Å². The second kappa shape index (κ2) is 4.67. The van der Waals surface area contributed by atoms with E-state index < -0.39 is 0 Å². The lowest BCUT2D eigenvalue weighted by molar-refractivity contribution is -0.121. The molecule has 1 nitrogen and oxygen atoms in total. The summed E-state index contributed by atoms with van der Waals surface area (Å²) in [5.41, 5.74) is 0.661. The molecular formula is C14H24O. The summed E-state index contributed by atoms with van der Waals surface area (Å²) < 4.78 is 0. The fourth-order valence-electron chi connectivity index (χ4n) is 3.67. The zero-order chi connectivity index (χ0) is 10.7. The fourth-order valence-corrected chi connectivity index (χ4v) is 3.67. The van der Waals surface area contributed by atoms with Gasteiger partial charge in [0, 0.05) is 5.92 Å². The quantitative estimate of drug-likeness (QED) is 0.634. The van der Waals surface area contributed by atoms with Gasteiger partial charge in [-0.25, -0.2) is 0 Å². The van der Waals surface area contributed by atoms with E-state index in [9.17, 15) is 4.79 Å². The zero-order valence-corrected chi connectivity index (χ0v) is 10.1. The molecule has 2 saturated carbocycles. The van der Waals surface area contributed by atoms with Crippen LogP contribution in [-0.4, -0.2) is 5.78 Å². The molecule has 86 valence electrons. The minimum absolute atomic E-state index is 0.391. The molecule has 1 atom stereocenters. The maximum absolute atomic E-state index is 11.5. The van der Waals surface area contributed by atoms with Crippen molar-refractivity contribution in [1.29, 1.82) is 0 Å². The van der Waals surface area contributed by atoms with Crippen LogP contribution in [0.3, 0.4) is 0 Å². The average Bonchev–Trinajstić information content (AvgIpc) is 2.61. The highest BCUT2D eigenvalue weighted by atomic mass is 16.1. The van der Waals surface area contributed by atoms with Crippen molar-refractivity contribution in [3.63, 3.8) is 0 Å². The largest absolute Gasteiger partial charge is 0.300 e. The second-order valence-electron chi connectivity index (χ2n) is 5.80. The van der Waals surface area contributed by atoms with Crippen molar-refractivity contribution in [2.24, 2.45) is 11.3 Å². The van der Waals surface area contributed by atoms with Crippen LogP contribution < -0.4 is 0 Å². The molecule has 0 bridgehead atoms. The fraction of sp³-hybridized carbons (Fsp3) is 0.929. The van der Waals surface area contributed by atoms with Crippen molar-refractivity contribution in [3.8, 4) is 0 Å². The minimum atomic E-state index is 0.391. The Hall–Kier alpha value is -0.330. The number of carbonyl (C=O) groups excluding carboxylic acids is 1. The lowest BCUT2D eigenvalue weighted by Gasteiger charge is -2.33. The van der Waals surface area contributed by atoms with Gasteiger partial charge >= 0.3 is 0 Å². The van der Waals surface area contributed by atoms with Crippen LogP contribution in [0.15, 0.2) is 0 Å². The summed E-state index contributed by atoms with van der Waals surface area (Å²) in [6.07, 6.45) is 13.5. The van der Waals surface area contributed by atoms with Crippen LogP contribution >= 0.6 is 0 Å². The van der Waals surface area contributed by atoms with Gasteiger partial charge in [0.15, 0.2) is 0 Å². The van der Waals surface area contributed by atoms with Crippen molar-refractivity contribution in [2.75, 3.05) is 0 Å². The second-order valence-corrected chi connectivity index (χ2v) is 5.80. The molecule has 0 N–H and O–H groups in total. The molecule has 0 aromatic carbocycles. The first-order valence-corrected chi connectivity index (χ1v) is 6.72. The van der Waals surface area contributed by atoms with Crippen molar-refractivity contribution in [3.05, 3.63) is 0 Å². The van der Waals surface area contributed by atoms with Gasteiger partial charge in [-0.2, -0.15) is 0 Å². The van der Waals surface area contributed by atoms with Gasteiger partial charge in [0.1, 0.15) is 5.78 Å². The highest BCUT2D eigenvalue weighted by molar-refractivity contribution is 5.78. The third-order valence-corrected chi connectivity index (χ3v) is 4.77. The first-order valence-electron chi connectivity index (χ1n) is 6.72. The molecule has 1 heteroatoms. The summed E-state index contributed by atoms with van der Waals surface area (Å²) in [5, 5.41) is 0. The molecule has 1 spiro atoms. The normalized spacial score (nSPS) is 31.1. The molecule has 0 aliphatic heterocycles. The maximum atomic E-state index is 11.5. The molecule has 2 aliphatic carbocycles. The Balaban J connectivity index is 1.96. The summed E-state index contributed by atoms with van der Waals surface area (Å²) in [4.78, 5) is 11.5. The van der Waals surface area contributed by atoms with E-state index in [2.05, 4.69) is 0 Å². The molecule has 0 amide bonds. The van der Waals surface area contributed by atoms with Crippen LogP contribution in [0.2, 0.25) is 0 Å². The lowest BCUT2D eigenvalue weighted by atomic mass is 9.72. The number of hydrogen-bond acceptors (Lipinski definition) is 1. The molecule has 15 heavy (non-hydrogen) atoms. The van der Waals surface area contributed by atoms with Crippen molar-refractivity contribution < 1.29 is 4.79 Å². The number of hydrogen-bond donors (Lipinski definition) is 0. The van der Waals surface area contributed by atoms with Crippen LogP contribution in [0, 0.1) is 11.3 Å². The van der Waals surface area contributed by atoms with Gasteiger partial charge in [-0.05, 0) is 50.9 Å². The van der Waals surface area contributed by atoms with E-state index in [0.29, 0.717) is 17.1 Å². The first-order chi connectivity index (χ1) is 7.22. The molecule has 0 saturated heterocycles.